The summed E-state index contributed by atoms with van der Waals surface area (Å²) < 4.78 is 0. The first-order chi connectivity index (χ1) is 14.9. The van der Waals surface area contributed by atoms with E-state index in [1.807, 2.05) is 48.1 Å². The van der Waals surface area contributed by atoms with Gasteiger partial charge in [-0.25, -0.2) is 0 Å². The van der Waals surface area contributed by atoms with Crippen molar-refractivity contribution >= 4 is 45.3 Å². The first-order valence-electron chi connectivity index (χ1n) is 9.88. The van der Waals surface area contributed by atoms with E-state index in [2.05, 4.69) is 82.8 Å². The normalized spacial score (nSPS) is 11.2. The Labute approximate surface area is 184 Å². The highest BCUT2D eigenvalue weighted by atomic mass is 32.2. The Morgan fingerprint density at radius 2 is 0.967 bits per heavy atom. The van der Waals surface area contributed by atoms with Crippen molar-refractivity contribution in [2.75, 3.05) is 0 Å². The molecular weight excluding hydrogens is 404 g/mol. The van der Waals surface area contributed by atoms with Gasteiger partial charge in [-0.05, 0) is 35.4 Å². The van der Waals surface area contributed by atoms with Crippen molar-refractivity contribution in [3.8, 4) is 0 Å². The van der Waals surface area contributed by atoms with Crippen LogP contribution in [0.2, 0.25) is 0 Å². The SMILES string of the molecule is c1ccc(CSc2cccc3cccnc23)c(CSc2cccc3cccnc23)c1. The maximum Gasteiger partial charge on any atom is 0.0837 e. The summed E-state index contributed by atoms with van der Waals surface area (Å²) in [6.07, 6.45) is 3.74. The van der Waals surface area contributed by atoms with E-state index in [0.29, 0.717) is 0 Å². The lowest BCUT2D eigenvalue weighted by Crippen LogP contribution is -1.91. The van der Waals surface area contributed by atoms with Crippen LogP contribution in [0.25, 0.3) is 21.8 Å². The van der Waals surface area contributed by atoms with Crippen molar-refractivity contribution in [1.82, 2.24) is 9.97 Å². The van der Waals surface area contributed by atoms with E-state index < -0.39 is 0 Å². The predicted molar refractivity (Wildman–Crippen MR) is 129 cm³/mol. The van der Waals surface area contributed by atoms with Crippen LogP contribution < -0.4 is 0 Å². The number of para-hydroxylation sites is 2. The van der Waals surface area contributed by atoms with Gasteiger partial charge in [0, 0.05) is 44.5 Å². The average molecular weight is 425 g/mol. The van der Waals surface area contributed by atoms with Crippen LogP contribution in [0.5, 0.6) is 0 Å². The fourth-order valence-corrected chi connectivity index (χ4v) is 5.68. The first-order valence-corrected chi connectivity index (χ1v) is 11.9. The quantitative estimate of drug-likeness (QED) is 0.266. The van der Waals surface area contributed by atoms with Gasteiger partial charge in [0.2, 0.25) is 0 Å². The van der Waals surface area contributed by atoms with Crippen molar-refractivity contribution in [1.29, 1.82) is 0 Å². The summed E-state index contributed by atoms with van der Waals surface area (Å²) in [5.41, 5.74) is 4.91. The van der Waals surface area contributed by atoms with Gasteiger partial charge in [0.25, 0.3) is 0 Å². The Morgan fingerprint density at radius 3 is 1.47 bits per heavy atom. The fourth-order valence-electron chi connectivity index (χ4n) is 3.54. The number of nitrogens with zero attached hydrogens (tertiary/aromatic N) is 2. The zero-order valence-corrected chi connectivity index (χ0v) is 18.0. The van der Waals surface area contributed by atoms with Crippen molar-refractivity contribution in [3.63, 3.8) is 0 Å². The Morgan fingerprint density at radius 1 is 0.500 bits per heavy atom. The van der Waals surface area contributed by atoms with E-state index in [1.165, 1.54) is 31.7 Å². The topological polar surface area (TPSA) is 25.8 Å². The summed E-state index contributed by atoms with van der Waals surface area (Å²) in [6.45, 7) is 0. The van der Waals surface area contributed by atoms with Gasteiger partial charge in [-0.2, -0.15) is 0 Å². The molecule has 3 aromatic carbocycles. The number of fused-ring (bicyclic) bond motifs is 2. The number of rotatable bonds is 6. The van der Waals surface area contributed by atoms with Gasteiger partial charge in [-0.3, -0.25) is 9.97 Å². The molecule has 5 aromatic rings. The minimum atomic E-state index is 0.931. The molecule has 2 heterocycles. The molecule has 0 unspecified atom stereocenters. The van der Waals surface area contributed by atoms with Crippen LogP contribution in [0.1, 0.15) is 11.1 Å². The smallest absolute Gasteiger partial charge is 0.0837 e. The third-order valence-corrected chi connectivity index (χ3v) is 7.27. The lowest BCUT2D eigenvalue weighted by molar-refractivity contribution is 1.27. The number of pyridine rings is 2. The predicted octanol–water partition coefficient (Wildman–Crippen LogP) is 7.37. The molecule has 0 spiro atoms. The van der Waals surface area contributed by atoms with Crippen LogP contribution in [0.3, 0.4) is 0 Å². The van der Waals surface area contributed by atoms with Crippen LogP contribution in [0, 0.1) is 0 Å². The van der Waals surface area contributed by atoms with Crippen LogP contribution in [-0.4, -0.2) is 9.97 Å². The van der Waals surface area contributed by atoms with Gasteiger partial charge in [-0.1, -0.05) is 60.7 Å². The number of hydrogen-bond acceptors (Lipinski definition) is 4. The highest BCUT2D eigenvalue weighted by Gasteiger charge is 2.08. The molecule has 0 fully saturated rings. The molecule has 0 amide bonds. The third kappa shape index (κ3) is 4.07. The highest BCUT2D eigenvalue weighted by Crippen LogP contribution is 2.33. The van der Waals surface area contributed by atoms with Gasteiger partial charge in [-0.15, -0.1) is 23.5 Å². The van der Waals surface area contributed by atoms with Crippen molar-refractivity contribution in [2.45, 2.75) is 21.3 Å². The molecule has 0 radical (unpaired) electrons. The molecule has 0 N–H and O–H groups in total. The summed E-state index contributed by atoms with van der Waals surface area (Å²) in [7, 11) is 0. The van der Waals surface area contributed by atoms with Crippen molar-refractivity contribution in [3.05, 3.63) is 108 Å². The summed E-state index contributed by atoms with van der Waals surface area (Å²) in [5, 5.41) is 2.38. The van der Waals surface area contributed by atoms with E-state index in [-0.39, 0.29) is 0 Å². The Hall–Kier alpha value is -2.82. The van der Waals surface area contributed by atoms with Crippen molar-refractivity contribution < 1.29 is 0 Å². The molecule has 2 nitrogen and oxygen atoms in total. The van der Waals surface area contributed by atoms with Gasteiger partial charge < -0.3 is 0 Å². The molecule has 2 aromatic heterocycles. The zero-order valence-electron chi connectivity index (χ0n) is 16.4. The molecule has 0 bridgehead atoms. The average Bonchev–Trinajstić information content (AvgIpc) is 2.82. The fraction of sp³-hybridized carbons (Fsp3) is 0.0769. The summed E-state index contributed by atoms with van der Waals surface area (Å²) in [6, 6.07) is 29.8. The number of thioether (sulfide) groups is 2. The molecule has 0 aliphatic carbocycles. The van der Waals surface area contributed by atoms with Gasteiger partial charge in [0.05, 0.1) is 11.0 Å². The molecule has 4 heteroatoms. The number of aromatic nitrogens is 2. The highest BCUT2D eigenvalue weighted by molar-refractivity contribution is 7.99. The molecule has 0 aliphatic rings. The third-order valence-electron chi connectivity index (χ3n) is 5.08. The second-order valence-electron chi connectivity index (χ2n) is 7.01. The Kier molecular flexibility index (Phi) is 5.69. The van der Waals surface area contributed by atoms with Crippen LogP contribution in [0.4, 0.5) is 0 Å². The molecule has 0 atom stereocenters. The number of benzene rings is 3. The van der Waals surface area contributed by atoms with Gasteiger partial charge >= 0.3 is 0 Å². The summed E-state index contributed by atoms with van der Waals surface area (Å²) >= 11 is 3.71. The monoisotopic (exact) mass is 424 g/mol. The van der Waals surface area contributed by atoms with Crippen LogP contribution in [-0.2, 0) is 11.5 Å². The maximum atomic E-state index is 4.59. The first kappa shape index (κ1) is 19.2. The summed E-state index contributed by atoms with van der Waals surface area (Å²) in [5.74, 6) is 1.86. The second kappa shape index (κ2) is 8.90. The molecule has 146 valence electrons. The number of hydrogen-bond donors (Lipinski definition) is 0. The second-order valence-corrected chi connectivity index (χ2v) is 9.04. The lowest BCUT2D eigenvalue weighted by atomic mass is 10.1. The lowest BCUT2D eigenvalue weighted by Gasteiger charge is -2.11. The van der Waals surface area contributed by atoms with Crippen LogP contribution >= 0.6 is 23.5 Å². The molecule has 0 aliphatic heterocycles. The zero-order chi connectivity index (χ0) is 20.2. The molecule has 5 rings (SSSR count). The Balaban J connectivity index is 1.35. The van der Waals surface area contributed by atoms with Gasteiger partial charge in [0.15, 0.2) is 0 Å². The van der Waals surface area contributed by atoms with E-state index in [0.717, 1.165) is 22.5 Å². The van der Waals surface area contributed by atoms with Gasteiger partial charge in [0.1, 0.15) is 0 Å². The molecular formula is C26H20N2S2. The maximum absolute atomic E-state index is 4.59. The van der Waals surface area contributed by atoms with E-state index >= 15 is 0 Å². The van der Waals surface area contributed by atoms with E-state index in [9.17, 15) is 0 Å². The largest absolute Gasteiger partial charge is 0.255 e. The van der Waals surface area contributed by atoms with Crippen LogP contribution in [0.15, 0.2) is 107 Å². The summed E-state index contributed by atoms with van der Waals surface area (Å²) in [4.78, 5) is 11.6. The molecule has 0 saturated carbocycles. The standard InChI is InChI=1S/C26H20N2S2/c1-2-8-22(18-30-24-14-4-10-20-12-6-16-28-26(20)24)21(7-1)17-29-23-13-3-9-19-11-5-15-27-25(19)23/h1-16H,17-18H2. The molecule has 30 heavy (non-hydrogen) atoms. The Bertz CT molecular complexity index is 1200. The minimum absolute atomic E-state index is 0.931. The minimum Gasteiger partial charge on any atom is -0.255 e. The van der Waals surface area contributed by atoms with E-state index in [4.69, 9.17) is 0 Å². The van der Waals surface area contributed by atoms with E-state index in [1.54, 1.807) is 0 Å². The van der Waals surface area contributed by atoms with Crippen molar-refractivity contribution in [2.24, 2.45) is 0 Å². The molecule has 0 saturated heterocycles.